The van der Waals surface area contributed by atoms with Crippen molar-refractivity contribution in [1.82, 2.24) is 5.43 Å². The fourth-order valence-electron chi connectivity index (χ4n) is 2.75. The number of carbonyl (C=O) groups is 1. The Morgan fingerprint density at radius 2 is 2.13 bits per heavy atom. The maximum absolute atomic E-state index is 12.1. The number of aryl methyl sites for hydroxylation is 1. The number of amides is 1. The number of benzene rings is 2. The Morgan fingerprint density at radius 1 is 1.26 bits per heavy atom. The fourth-order valence-corrected chi connectivity index (χ4v) is 2.95. The molecular weight excluding hydrogens is 310 g/mol. The second kappa shape index (κ2) is 7.29. The van der Waals surface area contributed by atoms with E-state index in [2.05, 4.69) is 27.6 Å². The molecule has 23 heavy (non-hydrogen) atoms. The molecule has 1 N–H and O–H groups in total. The number of hydrazone groups is 1. The third-order valence-corrected chi connectivity index (χ3v) is 4.03. The molecule has 0 unspecified atom stereocenters. The lowest BCUT2D eigenvalue weighted by atomic mass is 10.0. The van der Waals surface area contributed by atoms with Gasteiger partial charge in [0.25, 0.3) is 5.91 Å². The van der Waals surface area contributed by atoms with E-state index in [4.69, 9.17) is 11.6 Å². The van der Waals surface area contributed by atoms with E-state index in [1.807, 2.05) is 24.3 Å². The molecular formula is C18H18ClN3O. The van der Waals surface area contributed by atoms with Gasteiger partial charge in [-0.15, -0.1) is 0 Å². The van der Waals surface area contributed by atoms with Gasteiger partial charge < -0.3 is 4.90 Å². The van der Waals surface area contributed by atoms with Crippen LogP contribution in [-0.2, 0) is 11.2 Å². The summed E-state index contributed by atoms with van der Waals surface area (Å²) in [6, 6.07) is 15.5. The summed E-state index contributed by atoms with van der Waals surface area (Å²) >= 11 is 5.91. The maximum atomic E-state index is 12.1. The maximum Gasteiger partial charge on any atom is 0.259 e. The van der Waals surface area contributed by atoms with E-state index in [1.54, 1.807) is 18.3 Å². The van der Waals surface area contributed by atoms with Crippen LogP contribution in [0.4, 0.5) is 5.69 Å². The van der Waals surface area contributed by atoms with Crippen LogP contribution in [0.15, 0.2) is 53.6 Å². The molecule has 1 amide bonds. The molecule has 2 aromatic carbocycles. The molecule has 0 spiro atoms. The van der Waals surface area contributed by atoms with E-state index in [0.29, 0.717) is 11.6 Å². The van der Waals surface area contributed by atoms with Crippen LogP contribution < -0.4 is 10.3 Å². The fraction of sp³-hybridized carbons (Fsp3) is 0.222. The van der Waals surface area contributed by atoms with Gasteiger partial charge in [0.05, 0.1) is 12.8 Å². The molecule has 0 aliphatic carbocycles. The van der Waals surface area contributed by atoms with E-state index in [0.717, 1.165) is 30.6 Å². The van der Waals surface area contributed by atoms with Gasteiger partial charge in [0.1, 0.15) is 0 Å². The van der Waals surface area contributed by atoms with Gasteiger partial charge in [-0.1, -0.05) is 41.9 Å². The molecule has 0 radical (unpaired) electrons. The molecule has 0 atom stereocenters. The zero-order valence-electron chi connectivity index (χ0n) is 12.7. The average Bonchev–Trinajstić information content (AvgIpc) is 2.55. The van der Waals surface area contributed by atoms with Crippen molar-refractivity contribution in [2.45, 2.75) is 12.8 Å². The van der Waals surface area contributed by atoms with Crippen molar-refractivity contribution in [3.8, 4) is 0 Å². The summed E-state index contributed by atoms with van der Waals surface area (Å²) in [5.74, 6) is -0.125. The van der Waals surface area contributed by atoms with Crippen molar-refractivity contribution in [3.63, 3.8) is 0 Å². The van der Waals surface area contributed by atoms with Crippen molar-refractivity contribution < 1.29 is 4.79 Å². The summed E-state index contributed by atoms with van der Waals surface area (Å²) in [5, 5.41) is 4.64. The molecule has 5 heteroatoms. The highest BCUT2D eigenvalue weighted by Crippen LogP contribution is 2.26. The molecule has 4 nitrogen and oxygen atoms in total. The summed E-state index contributed by atoms with van der Waals surface area (Å²) in [7, 11) is 0. The lowest BCUT2D eigenvalue weighted by Crippen LogP contribution is -2.38. The number of nitrogens with one attached hydrogen (secondary N) is 1. The first-order chi connectivity index (χ1) is 11.2. The van der Waals surface area contributed by atoms with Crippen LogP contribution in [0.5, 0.6) is 0 Å². The normalized spacial score (nSPS) is 13.9. The monoisotopic (exact) mass is 327 g/mol. The van der Waals surface area contributed by atoms with Crippen molar-refractivity contribution in [1.29, 1.82) is 0 Å². The second-order valence-corrected chi connectivity index (χ2v) is 5.94. The van der Waals surface area contributed by atoms with Crippen molar-refractivity contribution in [2.75, 3.05) is 18.0 Å². The SMILES string of the molecule is O=C(CN1CCCc2ccccc21)N/N=C/c1cccc(Cl)c1. The van der Waals surface area contributed by atoms with E-state index >= 15 is 0 Å². The van der Waals surface area contributed by atoms with Gasteiger partial charge in [-0.05, 0) is 42.2 Å². The predicted molar refractivity (Wildman–Crippen MR) is 94.2 cm³/mol. The number of fused-ring (bicyclic) bond motifs is 1. The van der Waals surface area contributed by atoms with Gasteiger partial charge in [0, 0.05) is 17.3 Å². The summed E-state index contributed by atoms with van der Waals surface area (Å²) in [5.41, 5.74) is 5.87. The van der Waals surface area contributed by atoms with Crippen molar-refractivity contribution >= 4 is 29.4 Å². The Labute approximate surface area is 140 Å². The first kappa shape index (κ1) is 15.6. The molecule has 0 fully saturated rings. The molecule has 0 aromatic heterocycles. The number of nitrogens with zero attached hydrogens (tertiary/aromatic N) is 2. The highest BCUT2D eigenvalue weighted by molar-refractivity contribution is 6.30. The second-order valence-electron chi connectivity index (χ2n) is 5.50. The first-order valence-electron chi connectivity index (χ1n) is 7.63. The molecule has 2 aromatic rings. The summed E-state index contributed by atoms with van der Waals surface area (Å²) in [6.45, 7) is 1.20. The summed E-state index contributed by atoms with van der Waals surface area (Å²) < 4.78 is 0. The number of hydrogen-bond acceptors (Lipinski definition) is 3. The van der Waals surface area contributed by atoms with Gasteiger partial charge in [0.15, 0.2) is 0 Å². The Morgan fingerprint density at radius 3 is 3.00 bits per heavy atom. The first-order valence-corrected chi connectivity index (χ1v) is 8.00. The summed E-state index contributed by atoms with van der Waals surface area (Å²) in [6.07, 6.45) is 3.73. The van der Waals surface area contributed by atoms with Crippen LogP contribution in [-0.4, -0.2) is 25.2 Å². The molecule has 0 bridgehead atoms. The Bertz CT molecular complexity index is 730. The van der Waals surface area contributed by atoms with Gasteiger partial charge in [-0.2, -0.15) is 5.10 Å². The van der Waals surface area contributed by atoms with E-state index in [9.17, 15) is 4.79 Å². The summed E-state index contributed by atoms with van der Waals surface area (Å²) in [4.78, 5) is 14.2. The molecule has 1 aliphatic heterocycles. The standard InChI is InChI=1S/C18H18ClN3O/c19-16-8-3-5-14(11-16)12-20-21-18(23)13-22-10-4-7-15-6-1-2-9-17(15)22/h1-3,5-6,8-9,11-12H,4,7,10,13H2,(H,21,23)/b20-12+. The Balaban J connectivity index is 1.58. The molecule has 118 valence electrons. The highest BCUT2D eigenvalue weighted by atomic mass is 35.5. The molecule has 1 aliphatic rings. The minimum Gasteiger partial charge on any atom is -0.362 e. The van der Waals surface area contributed by atoms with E-state index < -0.39 is 0 Å². The van der Waals surface area contributed by atoms with Gasteiger partial charge in [-0.25, -0.2) is 5.43 Å². The van der Waals surface area contributed by atoms with E-state index in [-0.39, 0.29) is 5.91 Å². The third-order valence-electron chi connectivity index (χ3n) is 3.79. The zero-order chi connectivity index (χ0) is 16.1. The van der Waals surface area contributed by atoms with Crippen molar-refractivity contribution in [3.05, 3.63) is 64.7 Å². The van der Waals surface area contributed by atoms with Crippen LogP contribution in [0.3, 0.4) is 0 Å². The number of hydrogen-bond donors (Lipinski definition) is 1. The molecule has 0 saturated carbocycles. The minimum atomic E-state index is -0.125. The highest BCUT2D eigenvalue weighted by Gasteiger charge is 2.18. The van der Waals surface area contributed by atoms with Crippen LogP contribution in [0.2, 0.25) is 5.02 Å². The molecule has 1 heterocycles. The van der Waals surface area contributed by atoms with Gasteiger partial charge >= 0.3 is 0 Å². The van der Waals surface area contributed by atoms with Gasteiger partial charge in [-0.3, -0.25) is 4.79 Å². The quantitative estimate of drug-likeness (QED) is 0.692. The third kappa shape index (κ3) is 4.11. The smallest absolute Gasteiger partial charge is 0.259 e. The lowest BCUT2D eigenvalue weighted by Gasteiger charge is -2.30. The van der Waals surface area contributed by atoms with Gasteiger partial charge in [0.2, 0.25) is 0 Å². The van der Waals surface area contributed by atoms with Crippen molar-refractivity contribution in [2.24, 2.45) is 5.10 Å². The topological polar surface area (TPSA) is 44.7 Å². The van der Waals surface area contributed by atoms with E-state index in [1.165, 1.54) is 5.56 Å². The van der Waals surface area contributed by atoms with Crippen LogP contribution >= 0.6 is 11.6 Å². The molecule has 3 rings (SSSR count). The number of halogens is 1. The number of para-hydroxylation sites is 1. The van der Waals surface area contributed by atoms with Crippen LogP contribution in [0.25, 0.3) is 0 Å². The number of rotatable bonds is 4. The minimum absolute atomic E-state index is 0.125. The van der Waals surface area contributed by atoms with Crippen LogP contribution in [0, 0.1) is 0 Å². The lowest BCUT2D eigenvalue weighted by molar-refractivity contribution is -0.119. The zero-order valence-corrected chi connectivity index (χ0v) is 13.5. The number of anilines is 1. The average molecular weight is 328 g/mol. The predicted octanol–water partition coefficient (Wildman–Crippen LogP) is 3.24. The Hall–Kier alpha value is -2.33. The van der Waals surface area contributed by atoms with Crippen LogP contribution in [0.1, 0.15) is 17.5 Å². The largest absolute Gasteiger partial charge is 0.362 e. The molecule has 0 saturated heterocycles. The number of carbonyl (C=O) groups excluding carboxylic acids is 1. The Kier molecular flexibility index (Phi) is 4.93.